The zero-order valence-corrected chi connectivity index (χ0v) is 14.4. The van der Waals surface area contributed by atoms with Gasteiger partial charge in [0.05, 0.1) is 6.42 Å². The third-order valence-corrected chi connectivity index (χ3v) is 5.00. The highest BCUT2D eigenvalue weighted by Crippen LogP contribution is 2.28. The van der Waals surface area contributed by atoms with Crippen LogP contribution in [0.5, 0.6) is 0 Å². The minimum Gasteiger partial charge on any atom is -0.358 e. The molecule has 24 heavy (non-hydrogen) atoms. The van der Waals surface area contributed by atoms with E-state index in [0.29, 0.717) is 18.0 Å². The fraction of sp³-hybridized carbons (Fsp3) is 0.250. The Morgan fingerprint density at radius 3 is 2.79 bits per heavy atom. The zero-order valence-electron chi connectivity index (χ0n) is 13.6. The minimum atomic E-state index is 0.171. The van der Waals surface area contributed by atoms with Crippen LogP contribution in [0, 0.1) is 6.92 Å². The molecule has 0 fully saturated rings. The average molecular weight is 339 g/mol. The minimum absolute atomic E-state index is 0.171. The summed E-state index contributed by atoms with van der Waals surface area (Å²) >= 11 is 5.91. The second kappa shape index (κ2) is 5.99. The molecule has 2 aromatic carbocycles. The van der Waals surface area contributed by atoms with Gasteiger partial charge in [0.25, 0.3) is 0 Å². The van der Waals surface area contributed by atoms with E-state index in [1.165, 1.54) is 22.2 Å². The smallest absolute Gasteiger partial charge is 0.227 e. The molecule has 4 rings (SSSR count). The first-order valence-electron chi connectivity index (χ1n) is 8.22. The molecule has 1 aliphatic heterocycles. The first-order valence-corrected chi connectivity index (χ1v) is 8.60. The maximum Gasteiger partial charge on any atom is 0.227 e. The van der Waals surface area contributed by atoms with Crippen molar-refractivity contribution in [3.05, 3.63) is 69.9 Å². The van der Waals surface area contributed by atoms with Crippen molar-refractivity contribution in [3.8, 4) is 0 Å². The predicted octanol–water partition coefficient (Wildman–Crippen LogP) is 4.26. The van der Waals surface area contributed by atoms with E-state index in [2.05, 4.69) is 30.1 Å². The maximum absolute atomic E-state index is 12.7. The van der Waals surface area contributed by atoms with E-state index in [4.69, 9.17) is 11.6 Å². The van der Waals surface area contributed by atoms with Gasteiger partial charge in [0.15, 0.2) is 0 Å². The van der Waals surface area contributed by atoms with Gasteiger partial charge in [-0.3, -0.25) is 4.79 Å². The molecule has 0 aliphatic carbocycles. The molecule has 0 spiro atoms. The topological polar surface area (TPSA) is 36.1 Å². The van der Waals surface area contributed by atoms with Crippen LogP contribution in [0.2, 0.25) is 5.02 Å². The molecule has 3 nitrogen and oxygen atoms in total. The second-order valence-electron chi connectivity index (χ2n) is 6.50. The van der Waals surface area contributed by atoms with Gasteiger partial charge in [-0.25, -0.2) is 0 Å². The first kappa shape index (κ1) is 15.3. The molecule has 1 N–H and O–H groups in total. The molecule has 3 aromatic rings. The number of benzene rings is 2. The summed E-state index contributed by atoms with van der Waals surface area (Å²) in [4.78, 5) is 18.1. The quantitative estimate of drug-likeness (QED) is 0.744. The van der Waals surface area contributed by atoms with E-state index < -0.39 is 0 Å². The van der Waals surface area contributed by atoms with Gasteiger partial charge in [-0.1, -0.05) is 35.4 Å². The lowest BCUT2D eigenvalue weighted by molar-refractivity contribution is -0.131. The van der Waals surface area contributed by atoms with Crippen LogP contribution >= 0.6 is 11.6 Å². The van der Waals surface area contributed by atoms with Crippen LogP contribution in [0.1, 0.15) is 22.4 Å². The number of hydrogen-bond acceptors (Lipinski definition) is 1. The molecule has 0 saturated heterocycles. The Balaban J connectivity index is 1.57. The number of hydrogen-bond donors (Lipinski definition) is 1. The van der Waals surface area contributed by atoms with Crippen LogP contribution in [-0.2, 0) is 24.2 Å². The molecule has 0 radical (unpaired) electrons. The van der Waals surface area contributed by atoms with Crippen molar-refractivity contribution >= 4 is 28.4 Å². The Morgan fingerprint density at radius 1 is 1.21 bits per heavy atom. The molecule has 2 heterocycles. The zero-order chi connectivity index (χ0) is 16.7. The fourth-order valence-electron chi connectivity index (χ4n) is 3.43. The molecule has 0 unspecified atom stereocenters. The Hall–Kier alpha value is -2.26. The number of H-pyrrole nitrogens is 1. The number of nitrogens with one attached hydrogen (secondary N) is 1. The highest BCUT2D eigenvalue weighted by Gasteiger charge is 2.24. The lowest BCUT2D eigenvalue weighted by Crippen LogP contribution is -2.36. The van der Waals surface area contributed by atoms with Crippen LogP contribution < -0.4 is 0 Å². The third kappa shape index (κ3) is 2.80. The number of carbonyl (C=O) groups is 1. The molecule has 4 heteroatoms. The Bertz CT molecular complexity index is 911. The summed E-state index contributed by atoms with van der Waals surface area (Å²) in [5.74, 6) is 0.171. The fourth-order valence-corrected chi connectivity index (χ4v) is 3.56. The molecule has 122 valence electrons. The van der Waals surface area contributed by atoms with Gasteiger partial charge in [0, 0.05) is 46.7 Å². The van der Waals surface area contributed by atoms with Crippen molar-refractivity contribution in [1.29, 1.82) is 0 Å². The molecule has 0 bridgehead atoms. The summed E-state index contributed by atoms with van der Waals surface area (Å²) in [6.07, 6.45) is 1.31. The SMILES string of the molecule is Cc1ccc2[nH]c3c(c2c1)CN(C(=O)Cc1ccc(Cl)cc1)CC3. The van der Waals surface area contributed by atoms with Crippen molar-refractivity contribution < 1.29 is 4.79 Å². The van der Waals surface area contributed by atoms with Gasteiger partial charge < -0.3 is 9.88 Å². The maximum atomic E-state index is 12.7. The highest BCUT2D eigenvalue weighted by atomic mass is 35.5. The normalized spacial score (nSPS) is 14.0. The highest BCUT2D eigenvalue weighted by molar-refractivity contribution is 6.30. The largest absolute Gasteiger partial charge is 0.358 e. The van der Waals surface area contributed by atoms with Gasteiger partial charge >= 0.3 is 0 Å². The third-order valence-electron chi connectivity index (χ3n) is 4.75. The Kier molecular flexibility index (Phi) is 3.81. The van der Waals surface area contributed by atoms with Crippen molar-refractivity contribution in [2.24, 2.45) is 0 Å². The molecule has 0 atom stereocenters. The summed E-state index contributed by atoms with van der Waals surface area (Å²) in [5.41, 5.74) is 5.95. The Labute approximate surface area is 146 Å². The number of aryl methyl sites for hydroxylation is 1. The van der Waals surface area contributed by atoms with Crippen LogP contribution in [-0.4, -0.2) is 22.3 Å². The summed E-state index contributed by atoms with van der Waals surface area (Å²) < 4.78 is 0. The van der Waals surface area contributed by atoms with E-state index in [-0.39, 0.29) is 5.91 Å². The lowest BCUT2D eigenvalue weighted by atomic mass is 10.0. The number of aromatic amines is 1. The molecule has 1 amide bonds. The lowest BCUT2D eigenvalue weighted by Gasteiger charge is -2.27. The molecule has 0 saturated carbocycles. The molecular weight excluding hydrogens is 320 g/mol. The molecule has 1 aromatic heterocycles. The van der Waals surface area contributed by atoms with Crippen molar-refractivity contribution in [2.75, 3.05) is 6.54 Å². The number of carbonyl (C=O) groups excluding carboxylic acids is 1. The van der Waals surface area contributed by atoms with Gasteiger partial charge in [-0.05, 0) is 36.8 Å². The van der Waals surface area contributed by atoms with Crippen LogP contribution in [0.4, 0.5) is 0 Å². The van der Waals surface area contributed by atoms with Crippen molar-refractivity contribution in [3.63, 3.8) is 0 Å². The summed E-state index contributed by atoms with van der Waals surface area (Å²) in [6.45, 7) is 3.56. The van der Waals surface area contributed by atoms with Gasteiger partial charge in [0.2, 0.25) is 5.91 Å². The number of halogens is 1. The molecular formula is C20H19ClN2O. The summed E-state index contributed by atoms with van der Waals surface area (Å²) in [7, 11) is 0. The number of amides is 1. The summed E-state index contributed by atoms with van der Waals surface area (Å²) in [5, 5.41) is 1.94. The van der Waals surface area contributed by atoms with Crippen LogP contribution in [0.25, 0.3) is 10.9 Å². The van der Waals surface area contributed by atoms with E-state index >= 15 is 0 Å². The van der Waals surface area contributed by atoms with Crippen LogP contribution in [0.15, 0.2) is 42.5 Å². The first-order chi connectivity index (χ1) is 11.6. The standard InChI is InChI=1S/C20H19ClN2O/c1-13-2-7-18-16(10-13)17-12-23(9-8-19(17)22-18)20(24)11-14-3-5-15(21)6-4-14/h2-7,10,22H,8-9,11-12H2,1H3. The van der Waals surface area contributed by atoms with Gasteiger partial charge in [-0.15, -0.1) is 0 Å². The van der Waals surface area contributed by atoms with E-state index in [1.54, 1.807) is 0 Å². The van der Waals surface area contributed by atoms with Crippen molar-refractivity contribution in [1.82, 2.24) is 9.88 Å². The van der Waals surface area contributed by atoms with Crippen LogP contribution in [0.3, 0.4) is 0 Å². The van der Waals surface area contributed by atoms with Crippen molar-refractivity contribution in [2.45, 2.75) is 26.3 Å². The monoisotopic (exact) mass is 338 g/mol. The van der Waals surface area contributed by atoms with E-state index in [1.807, 2.05) is 29.2 Å². The second-order valence-corrected chi connectivity index (χ2v) is 6.94. The van der Waals surface area contributed by atoms with Gasteiger partial charge in [0.1, 0.15) is 0 Å². The molecule has 1 aliphatic rings. The van der Waals surface area contributed by atoms with Gasteiger partial charge in [-0.2, -0.15) is 0 Å². The number of nitrogens with zero attached hydrogens (tertiary/aromatic N) is 1. The van der Waals surface area contributed by atoms with E-state index in [9.17, 15) is 4.79 Å². The number of fused-ring (bicyclic) bond motifs is 3. The van der Waals surface area contributed by atoms with E-state index in [0.717, 1.165) is 24.0 Å². The average Bonchev–Trinajstić information content (AvgIpc) is 2.94. The number of aromatic nitrogens is 1. The number of rotatable bonds is 2. The Morgan fingerprint density at radius 2 is 2.00 bits per heavy atom. The summed E-state index contributed by atoms with van der Waals surface area (Å²) in [6, 6.07) is 14.0. The predicted molar refractivity (Wildman–Crippen MR) is 97.3 cm³/mol.